The van der Waals surface area contributed by atoms with Crippen molar-refractivity contribution in [3.63, 3.8) is 0 Å². The van der Waals surface area contributed by atoms with Gasteiger partial charge in [0, 0.05) is 18.9 Å². The number of aliphatic carboxylic acids is 1. The van der Waals surface area contributed by atoms with Crippen LogP contribution in [0.4, 0.5) is 0 Å². The predicted octanol–water partition coefficient (Wildman–Crippen LogP) is 1.12. The molecule has 1 heterocycles. The lowest BCUT2D eigenvalue weighted by Crippen LogP contribution is -2.49. The van der Waals surface area contributed by atoms with Gasteiger partial charge in [-0.2, -0.15) is 5.10 Å². The van der Waals surface area contributed by atoms with Crippen molar-refractivity contribution in [2.75, 3.05) is 7.05 Å². The van der Waals surface area contributed by atoms with E-state index in [1.165, 1.54) is 0 Å². The van der Waals surface area contributed by atoms with E-state index in [0.717, 1.165) is 13.0 Å². The molecule has 1 unspecified atom stereocenters. The number of carboxylic acid groups (broad SMARTS) is 1. The molecule has 0 aliphatic carbocycles. The summed E-state index contributed by atoms with van der Waals surface area (Å²) in [7, 11) is 1.70. The molecule has 16 heavy (non-hydrogen) atoms. The second-order valence-corrected chi connectivity index (χ2v) is 3.86. The maximum absolute atomic E-state index is 11.2. The van der Waals surface area contributed by atoms with Crippen LogP contribution < -0.4 is 5.32 Å². The SMILES string of the molecule is CCC(CCCn1cccn1)(NC)C(=O)O. The Morgan fingerprint density at radius 1 is 1.62 bits per heavy atom. The standard InChI is InChI=1S/C11H19N3O2/c1-3-11(12-2,10(15)16)6-4-8-14-9-5-7-13-14/h5,7,9,12H,3-4,6,8H2,1-2H3,(H,15,16). The van der Waals surface area contributed by atoms with E-state index in [9.17, 15) is 9.90 Å². The van der Waals surface area contributed by atoms with E-state index < -0.39 is 11.5 Å². The number of aryl methyl sites for hydroxylation is 1. The Kier molecular flexibility index (Phi) is 4.49. The summed E-state index contributed by atoms with van der Waals surface area (Å²) in [5.74, 6) is -0.780. The molecule has 0 saturated heterocycles. The van der Waals surface area contributed by atoms with Gasteiger partial charge in [0.25, 0.3) is 0 Å². The van der Waals surface area contributed by atoms with Crippen molar-refractivity contribution in [2.24, 2.45) is 0 Å². The topological polar surface area (TPSA) is 67.2 Å². The Morgan fingerprint density at radius 3 is 2.81 bits per heavy atom. The summed E-state index contributed by atoms with van der Waals surface area (Å²) in [6.07, 6.45) is 5.59. The number of carboxylic acids is 1. The quantitative estimate of drug-likeness (QED) is 0.729. The van der Waals surface area contributed by atoms with Crippen LogP contribution in [0.2, 0.25) is 0 Å². The monoisotopic (exact) mass is 225 g/mol. The number of likely N-dealkylation sites (N-methyl/N-ethyl adjacent to an activating group) is 1. The lowest BCUT2D eigenvalue weighted by Gasteiger charge is -2.27. The van der Waals surface area contributed by atoms with Crippen LogP contribution in [0.25, 0.3) is 0 Å². The molecule has 0 bridgehead atoms. The smallest absolute Gasteiger partial charge is 0.323 e. The van der Waals surface area contributed by atoms with Gasteiger partial charge in [0.05, 0.1) is 0 Å². The molecule has 1 aromatic rings. The average molecular weight is 225 g/mol. The highest BCUT2D eigenvalue weighted by Gasteiger charge is 2.33. The van der Waals surface area contributed by atoms with Crippen molar-refractivity contribution in [3.8, 4) is 0 Å². The van der Waals surface area contributed by atoms with Crippen LogP contribution in [-0.2, 0) is 11.3 Å². The number of rotatable bonds is 7. The first-order chi connectivity index (χ1) is 7.64. The second-order valence-electron chi connectivity index (χ2n) is 3.86. The molecular weight excluding hydrogens is 206 g/mol. The molecule has 90 valence electrons. The zero-order valence-corrected chi connectivity index (χ0v) is 9.81. The second kappa shape index (κ2) is 5.65. The first kappa shape index (κ1) is 12.7. The van der Waals surface area contributed by atoms with E-state index in [1.54, 1.807) is 13.2 Å². The van der Waals surface area contributed by atoms with E-state index in [4.69, 9.17) is 0 Å². The first-order valence-electron chi connectivity index (χ1n) is 5.54. The summed E-state index contributed by atoms with van der Waals surface area (Å²) >= 11 is 0. The predicted molar refractivity (Wildman–Crippen MR) is 61.2 cm³/mol. The third-order valence-corrected chi connectivity index (χ3v) is 3.04. The van der Waals surface area contributed by atoms with Crippen LogP contribution in [0.1, 0.15) is 26.2 Å². The molecule has 0 aromatic carbocycles. The summed E-state index contributed by atoms with van der Waals surface area (Å²) in [4.78, 5) is 11.2. The lowest BCUT2D eigenvalue weighted by molar-refractivity contribution is -0.145. The molecule has 0 aliphatic heterocycles. The van der Waals surface area contributed by atoms with Gasteiger partial charge in [-0.05, 0) is 32.4 Å². The number of nitrogens with zero attached hydrogens (tertiary/aromatic N) is 2. The van der Waals surface area contributed by atoms with Gasteiger partial charge in [-0.3, -0.25) is 9.48 Å². The molecule has 0 radical (unpaired) electrons. The highest BCUT2D eigenvalue weighted by molar-refractivity contribution is 5.78. The third kappa shape index (κ3) is 2.82. The Hall–Kier alpha value is -1.36. The zero-order chi connectivity index (χ0) is 12.0. The van der Waals surface area contributed by atoms with Gasteiger partial charge in [0.1, 0.15) is 5.54 Å². The number of hydrogen-bond acceptors (Lipinski definition) is 3. The van der Waals surface area contributed by atoms with Crippen molar-refractivity contribution < 1.29 is 9.90 Å². The van der Waals surface area contributed by atoms with Crippen LogP contribution in [0.5, 0.6) is 0 Å². The van der Waals surface area contributed by atoms with Crippen LogP contribution in [0, 0.1) is 0 Å². The maximum Gasteiger partial charge on any atom is 0.323 e. The summed E-state index contributed by atoms with van der Waals surface area (Å²) in [5.41, 5.74) is -0.798. The van der Waals surface area contributed by atoms with Crippen LogP contribution in [0.3, 0.4) is 0 Å². The molecule has 1 rings (SSSR count). The molecule has 5 nitrogen and oxygen atoms in total. The van der Waals surface area contributed by atoms with E-state index in [2.05, 4.69) is 10.4 Å². The molecule has 0 spiro atoms. The lowest BCUT2D eigenvalue weighted by atomic mass is 9.90. The van der Waals surface area contributed by atoms with E-state index in [1.807, 2.05) is 23.9 Å². The largest absolute Gasteiger partial charge is 0.480 e. The average Bonchev–Trinajstić information content (AvgIpc) is 2.77. The number of hydrogen-bond donors (Lipinski definition) is 2. The molecule has 0 fully saturated rings. The van der Waals surface area contributed by atoms with Crippen molar-refractivity contribution in [3.05, 3.63) is 18.5 Å². The molecule has 2 N–H and O–H groups in total. The van der Waals surface area contributed by atoms with Gasteiger partial charge in [-0.25, -0.2) is 0 Å². The van der Waals surface area contributed by atoms with E-state index in [-0.39, 0.29) is 0 Å². The fraction of sp³-hybridized carbons (Fsp3) is 0.636. The summed E-state index contributed by atoms with van der Waals surface area (Å²) in [5, 5.41) is 16.2. The minimum absolute atomic E-state index is 0.581. The molecule has 0 amide bonds. The van der Waals surface area contributed by atoms with Crippen LogP contribution in [-0.4, -0.2) is 33.4 Å². The molecular formula is C11H19N3O2. The number of carbonyl (C=O) groups is 1. The van der Waals surface area contributed by atoms with Crippen LogP contribution in [0.15, 0.2) is 18.5 Å². The van der Waals surface area contributed by atoms with Crippen molar-refractivity contribution in [1.82, 2.24) is 15.1 Å². The molecule has 5 heteroatoms. The van der Waals surface area contributed by atoms with Crippen molar-refractivity contribution in [1.29, 1.82) is 0 Å². The highest BCUT2D eigenvalue weighted by atomic mass is 16.4. The zero-order valence-electron chi connectivity index (χ0n) is 9.81. The Bertz CT molecular complexity index is 318. The van der Waals surface area contributed by atoms with Gasteiger partial charge in [0.15, 0.2) is 0 Å². The molecule has 1 atom stereocenters. The van der Waals surface area contributed by atoms with Gasteiger partial charge in [-0.1, -0.05) is 6.92 Å². The van der Waals surface area contributed by atoms with E-state index in [0.29, 0.717) is 12.8 Å². The van der Waals surface area contributed by atoms with E-state index >= 15 is 0 Å². The normalized spacial score (nSPS) is 14.6. The molecule has 0 saturated carbocycles. The van der Waals surface area contributed by atoms with Crippen molar-refractivity contribution in [2.45, 2.75) is 38.3 Å². The van der Waals surface area contributed by atoms with Gasteiger partial charge in [-0.15, -0.1) is 0 Å². The molecule has 1 aromatic heterocycles. The Morgan fingerprint density at radius 2 is 2.38 bits per heavy atom. The van der Waals surface area contributed by atoms with Gasteiger partial charge in [0.2, 0.25) is 0 Å². The minimum atomic E-state index is -0.798. The summed E-state index contributed by atoms with van der Waals surface area (Å²) < 4.78 is 1.82. The fourth-order valence-corrected chi connectivity index (χ4v) is 1.82. The highest BCUT2D eigenvalue weighted by Crippen LogP contribution is 2.17. The number of aromatic nitrogens is 2. The van der Waals surface area contributed by atoms with Gasteiger partial charge >= 0.3 is 5.97 Å². The van der Waals surface area contributed by atoms with Crippen molar-refractivity contribution >= 4 is 5.97 Å². The fourth-order valence-electron chi connectivity index (χ4n) is 1.82. The summed E-state index contributed by atoms with van der Waals surface area (Å²) in [6, 6.07) is 1.86. The Balaban J connectivity index is 2.47. The third-order valence-electron chi connectivity index (χ3n) is 3.04. The summed E-state index contributed by atoms with van der Waals surface area (Å²) in [6.45, 7) is 2.64. The Labute approximate surface area is 95.5 Å². The number of nitrogens with one attached hydrogen (secondary N) is 1. The minimum Gasteiger partial charge on any atom is -0.480 e. The maximum atomic E-state index is 11.2. The first-order valence-corrected chi connectivity index (χ1v) is 5.54. The molecule has 0 aliphatic rings. The van der Waals surface area contributed by atoms with Gasteiger partial charge < -0.3 is 10.4 Å². The van der Waals surface area contributed by atoms with Crippen LogP contribution >= 0.6 is 0 Å².